The molecule has 2 aromatic rings. The van der Waals surface area contributed by atoms with E-state index in [0.717, 1.165) is 0 Å². The molecule has 0 aliphatic rings. The van der Waals surface area contributed by atoms with Crippen molar-refractivity contribution in [3.05, 3.63) is 47.6 Å². The first-order valence-electron chi connectivity index (χ1n) is 5.88. The number of hydrogen-bond acceptors (Lipinski definition) is 4. The van der Waals surface area contributed by atoms with Crippen LogP contribution in [0.25, 0.3) is 0 Å². The number of pyridine rings is 1. The second kappa shape index (κ2) is 6.11. The third kappa shape index (κ3) is 3.61. The summed E-state index contributed by atoms with van der Waals surface area (Å²) >= 11 is 5.78. The number of ether oxygens (including phenoxy) is 1. The average Bonchev–Trinajstić information content (AvgIpc) is 2.39. The molecule has 0 amide bonds. The van der Waals surface area contributed by atoms with Gasteiger partial charge in [0, 0.05) is 17.3 Å². The van der Waals surface area contributed by atoms with E-state index in [1.807, 2.05) is 6.92 Å². The lowest BCUT2D eigenvalue weighted by Crippen LogP contribution is -2.13. The summed E-state index contributed by atoms with van der Waals surface area (Å²) in [4.78, 5) is 4.03. The van der Waals surface area contributed by atoms with Gasteiger partial charge in [-0.2, -0.15) is 0 Å². The maximum Gasteiger partial charge on any atom is 0.263 e. The van der Waals surface area contributed by atoms with Gasteiger partial charge < -0.3 is 4.74 Å². The number of rotatable bonds is 5. The highest BCUT2D eigenvalue weighted by Crippen LogP contribution is 2.19. The van der Waals surface area contributed by atoms with E-state index in [4.69, 9.17) is 16.3 Å². The molecular formula is C13H13ClN2O3S. The van der Waals surface area contributed by atoms with Crippen LogP contribution in [0.4, 0.5) is 5.82 Å². The highest BCUT2D eigenvalue weighted by atomic mass is 35.5. The monoisotopic (exact) mass is 312 g/mol. The number of sulfonamides is 1. The van der Waals surface area contributed by atoms with Crippen molar-refractivity contribution in [2.24, 2.45) is 0 Å². The summed E-state index contributed by atoms with van der Waals surface area (Å²) in [5.41, 5.74) is 0. The van der Waals surface area contributed by atoms with E-state index >= 15 is 0 Å². The average molecular weight is 313 g/mol. The van der Waals surface area contributed by atoms with E-state index in [9.17, 15) is 8.42 Å². The lowest BCUT2D eigenvalue weighted by molar-refractivity contribution is 0.340. The molecule has 1 N–H and O–H groups in total. The maximum absolute atomic E-state index is 12.1. The van der Waals surface area contributed by atoms with Gasteiger partial charge in [0.2, 0.25) is 0 Å². The predicted molar refractivity (Wildman–Crippen MR) is 77.7 cm³/mol. The molecular weight excluding hydrogens is 300 g/mol. The lowest BCUT2D eigenvalue weighted by atomic mass is 10.3. The molecule has 0 spiro atoms. The topological polar surface area (TPSA) is 68.3 Å². The fourth-order valence-corrected chi connectivity index (χ4v) is 2.70. The third-order valence-corrected chi connectivity index (χ3v) is 4.01. The van der Waals surface area contributed by atoms with Gasteiger partial charge in [-0.15, -0.1) is 0 Å². The Bertz CT molecular complexity index is 687. The number of halogens is 1. The SMILES string of the molecule is CCOc1ccc(S(=O)(=O)Nc2cc(Cl)ccn2)cc1. The second-order valence-electron chi connectivity index (χ2n) is 3.87. The van der Waals surface area contributed by atoms with Gasteiger partial charge >= 0.3 is 0 Å². The Morgan fingerprint density at radius 3 is 2.55 bits per heavy atom. The standard InChI is InChI=1S/C13H13ClN2O3S/c1-2-19-11-3-5-12(6-4-11)20(17,18)16-13-9-10(14)7-8-15-13/h3-9H,2H2,1H3,(H,15,16). The number of aromatic nitrogens is 1. The quantitative estimate of drug-likeness (QED) is 0.921. The molecule has 0 atom stereocenters. The Morgan fingerprint density at radius 1 is 1.25 bits per heavy atom. The van der Waals surface area contributed by atoms with Gasteiger partial charge in [0.1, 0.15) is 11.6 Å². The van der Waals surface area contributed by atoms with Crippen LogP contribution < -0.4 is 9.46 Å². The molecule has 0 bridgehead atoms. The van der Waals surface area contributed by atoms with Crippen molar-refractivity contribution in [1.82, 2.24) is 4.98 Å². The van der Waals surface area contributed by atoms with Crippen LogP contribution in [0.1, 0.15) is 6.92 Å². The molecule has 7 heteroatoms. The Morgan fingerprint density at radius 2 is 1.95 bits per heavy atom. The van der Waals surface area contributed by atoms with Crippen molar-refractivity contribution >= 4 is 27.4 Å². The van der Waals surface area contributed by atoms with Gasteiger partial charge in [-0.1, -0.05) is 11.6 Å². The van der Waals surface area contributed by atoms with Crippen LogP contribution in [0.3, 0.4) is 0 Å². The fraction of sp³-hybridized carbons (Fsp3) is 0.154. The Kier molecular flexibility index (Phi) is 4.46. The smallest absolute Gasteiger partial charge is 0.263 e. The third-order valence-electron chi connectivity index (χ3n) is 2.41. The van der Waals surface area contributed by atoms with Gasteiger partial charge in [-0.05, 0) is 37.3 Å². The van der Waals surface area contributed by atoms with Crippen molar-refractivity contribution in [3.63, 3.8) is 0 Å². The highest BCUT2D eigenvalue weighted by molar-refractivity contribution is 7.92. The van der Waals surface area contributed by atoms with Crippen LogP contribution in [-0.2, 0) is 10.0 Å². The van der Waals surface area contributed by atoms with Crippen LogP contribution in [0.15, 0.2) is 47.5 Å². The van der Waals surface area contributed by atoms with Crippen LogP contribution in [-0.4, -0.2) is 20.0 Å². The van der Waals surface area contributed by atoms with Crippen molar-refractivity contribution in [3.8, 4) is 5.75 Å². The summed E-state index contributed by atoms with van der Waals surface area (Å²) in [6.45, 7) is 2.38. The maximum atomic E-state index is 12.1. The number of hydrogen-bond donors (Lipinski definition) is 1. The van der Waals surface area contributed by atoms with Crippen LogP contribution in [0, 0.1) is 0 Å². The van der Waals surface area contributed by atoms with E-state index < -0.39 is 10.0 Å². The summed E-state index contributed by atoms with van der Waals surface area (Å²) < 4.78 is 31.9. The van der Waals surface area contributed by atoms with Crippen LogP contribution in [0.2, 0.25) is 5.02 Å². The largest absolute Gasteiger partial charge is 0.494 e. The number of nitrogens with zero attached hydrogens (tertiary/aromatic N) is 1. The minimum Gasteiger partial charge on any atom is -0.494 e. The molecule has 0 radical (unpaired) electrons. The molecule has 0 aliphatic carbocycles. The van der Waals surface area contributed by atoms with E-state index in [0.29, 0.717) is 17.4 Å². The van der Waals surface area contributed by atoms with Crippen molar-refractivity contribution < 1.29 is 13.2 Å². The number of anilines is 1. The molecule has 0 fully saturated rings. The first kappa shape index (κ1) is 14.6. The molecule has 0 saturated carbocycles. The van der Waals surface area contributed by atoms with E-state index in [1.165, 1.54) is 24.4 Å². The van der Waals surface area contributed by atoms with Gasteiger partial charge in [0.05, 0.1) is 11.5 Å². The zero-order chi connectivity index (χ0) is 14.6. The van der Waals surface area contributed by atoms with Crippen molar-refractivity contribution in [1.29, 1.82) is 0 Å². The lowest BCUT2D eigenvalue weighted by Gasteiger charge is -2.08. The normalized spacial score (nSPS) is 11.1. The minimum atomic E-state index is -3.69. The molecule has 20 heavy (non-hydrogen) atoms. The second-order valence-corrected chi connectivity index (χ2v) is 5.99. The van der Waals surface area contributed by atoms with Gasteiger partial charge in [-0.25, -0.2) is 13.4 Å². The zero-order valence-electron chi connectivity index (χ0n) is 10.7. The summed E-state index contributed by atoms with van der Waals surface area (Å²) in [6, 6.07) is 9.15. The van der Waals surface area contributed by atoms with Crippen molar-refractivity contribution in [2.75, 3.05) is 11.3 Å². The number of benzene rings is 1. The Labute approximate surface area is 122 Å². The number of nitrogens with one attached hydrogen (secondary N) is 1. The zero-order valence-corrected chi connectivity index (χ0v) is 12.3. The summed E-state index contributed by atoms with van der Waals surface area (Å²) in [6.07, 6.45) is 1.43. The molecule has 5 nitrogen and oxygen atoms in total. The van der Waals surface area contributed by atoms with Crippen LogP contribution >= 0.6 is 11.6 Å². The summed E-state index contributed by atoms with van der Waals surface area (Å²) in [5, 5.41) is 0.407. The molecule has 1 aromatic carbocycles. The highest BCUT2D eigenvalue weighted by Gasteiger charge is 2.14. The molecule has 0 aliphatic heterocycles. The fourth-order valence-electron chi connectivity index (χ4n) is 1.54. The van der Waals surface area contributed by atoms with Crippen molar-refractivity contribution in [2.45, 2.75) is 11.8 Å². The Hall–Kier alpha value is -1.79. The molecule has 2 rings (SSSR count). The first-order chi connectivity index (χ1) is 9.51. The van der Waals surface area contributed by atoms with E-state index in [1.54, 1.807) is 18.2 Å². The molecule has 1 aromatic heterocycles. The minimum absolute atomic E-state index is 0.128. The summed E-state index contributed by atoms with van der Waals surface area (Å²) in [5.74, 6) is 0.790. The Balaban J connectivity index is 2.21. The van der Waals surface area contributed by atoms with E-state index in [-0.39, 0.29) is 10.7 Å². The van der Waals surface area contributed by atoms with E-state index in [2.05, 4.69) is 9.71 Å². The van der Waals surface area contributed by atoms with Gasteiger partial charge in [0.25, 0.3) is 10.0 Å². The molecule has 106 valence electrons. The predicted octanol–water partition coefficient (Wildman–Crippen LogP) is 2.93. The van der Waals surface area contributed by atoms with Crippen LogP contribution in [0.5, 0.6) is 5.75 Å². The van der Waals surface area contributed by atoms with Gasteiger partial charge in [-0.3, -0.25) is 4.72 Å². The molecule has 0 unspecified atom stereocenters. The first-order valence-corrected chi connectivity index (χ1v) is 7.74. The molecule has 1 heterocycles. The summed E-state index contributed by atoms with van der Waals surface area (Å²) in [7, 11) is -3.69. The van der Waals surface area contributed by atoms with Gasteiger partial charge in [0.15, 0.2) is 0 Å². The molecule has 0 saturated heterocycles.